The van der Waals surface area contributed by atoms with E-state index in [0.29, 0.717) is 13.1 Å². The molecule has 2 amide bonds. The molecule has 1 aliphatic heterocycles. The van der Waals surface area contributed by atoms with Crippen molar-refractivity contribution >= 4 is 11.7 Å². The number of anilines is 1. The summed E-state index contributed by atoms with van der Waals surface area (Å²) in [4.78, 5) is 13.4. The van der Waals surface area contributed by atoms with Crippen molar-refractivity contribution in [3.63, 3.8) is 0 Å². The van der Waals surface area contributed by atoms with Crippen molar-refractivity contribution in [1.29, 1.82) is 0 Å². The number of likely N-dealkylation sites (tertiary alicyclic amines) is 1. The molecular formula is C14H18F3N3O. The van der Waals surface area contributed by atoms with Gasteiger partial charge in [0.2, 0.25) is 0 Å². The van der Waals surface area contributed by atoms with E-state index in [2.05, 4.69) is 5.32 Å². The molecule has 116 valence electrons. The van der Waals surface area contributed by atoms with Gasteiger partial charge in [-0.05, 0) is 18.1 Å². The van der Waals surface area contributed by atoms with Gasteiger partial charge in [0.05, 0.1) is 16.8 Å². The number of halogens is 3. The van der Waals surface area contributed by atoms with Crippen LogP contribution < -0.4 is 11.1 Å². The largest absolute Gasteiger partial charge is 0.418 e. The molecule has 1 aromatic carbocycles. The molecule has 0 radical (unpaired) electrons. The minimum atomic E-state index is -4.51. The van der Waals surface area contributed by atoms with Gasteiger partial charge in [-0.15, -0.1) is 0 Å². The van der Waals surface area contributed by atoms with Crippen LogP contribution in [0.5, 0.6) is 0 Å². The lowest BCUT2D eigenvalue weighted by Crippen LogP contribution is -2.71. The van der Waals surface area contributed by atoms with Gasteiger partial charge in [-0.25, -0.2) is 4.79 Å². The maximum Gasteiger partial charge on any atom is 0.418 e. The van der Waals surface area contributed by atoms with Gasteiger partial charge in [-0.3, -0.25) is 0 Å². The van der Waals surface area contributed by atoms with Gasteiger partial charge in [0.25, 0.3) is 0 Å². The Bertz CT molecular complexity index is 537. The van der Waals surface area contributed by atoms with Gasteiger partial charge in [-0.2, -0.15) is 13.2 Å². The summed E-state index contributed by atoms with van der Waals surface area (Å²) < 4.78 is 38.5. The lowest BCUT2D eigenvalue weighted by Gasteiger charge is -2.50. The predicted octanol–water partition coefficient (Wildman–Crippen LogP) is 2.91. The molecule has 1 aliphatic rings. The summed E-state index contributed by atoms with van der Waals surface area (Å²) in [5, 5.41) is 2.31. The zero-order chi connectivity index (χ0) is 15.8. The van der Waals surface area contributed by atoms with Crippen molar-refractivity contribution in [2.75, 3.05) is 18.4 Å². The quantitative estimate of drug-likeness (QED) is 0.882. The average Bonchev–Trinajstić information content (AvgIpc) is 2.33. The van der Waals surface area contributed by atoms with E-state index in [4.69, 9.17) is 5.73 Å². The molecule has 1 aromatic rings. The summed E-state index contributed by atoms with van der Waals surface area (Å²) in [5.74, 6) is 0.198. The summed E-state index contributed by atoms with van der Waals surface area (Å²) in [7, 11) is 0. The summed E-state index contributed by atoms with van der Waals surface area (Å²) in [6.45, 7) is 4.58. The summed E-state index contributed by atoms with van der Waals surface area (Å²) in [6.07, 6.45) is -4.51. The second-order valence-corrected chi connectivity index (χ2v) is 5.72. The van der Waals surface area contributed by atoms with Crippen LogP contribution in [0.3, 0.4) is 0 Å². The van der Waals surface area contributed by atoms with E-state index in [0.717, 1.165) is 6.07 Å². The van der Waals surface area contributed by atoms with Gasteiger partial charge in [-0.1, -0.05) is 26.0 Å². The smallest absolute Gasteiger partial charge is 0.322 e. The van der Waals surface area contributed by atoms with E-state index in [1.54, 1.807) is 0 Å². The molecule has 21 heavy (non-hydrogen) atoms. The minimum absolute atomic E-state index is 0.198. The third kappa shape index (κ3) is 3.12. The fraction of sp³-hybridized carbons (Fsp3) is 0.500. The number of carbonyl (C=O) groups excluding carboxylic acids is 1. The molecule has 1 fully saturated rings. The molecule has 0 atom stereocenters. The highest BCUT2D eigenvalue weighted by Gasteiger charge is 2.44. The lowest BCUT2D eigenvalue weighted by atomic mass is 9.80. The topological polar surface area (TPSA) is 58.4 Å². The number of rotatable bonds is 2. The Morgan fingerprint density at radius 1 is 1.33 bits per heavy atom. The first-order chi connectivity index (χ1) is 9.63. The van der Waals surface area contributed by atoms with Crippen LogP contribution in [0.4, 0.5) is 23.7 Å². The number of nitrogens with zero attached hydrogens (tertiary/aromatic N) is 1. The van der Waals surface area contributed by atoms with Crippen molar-refractivity contribution in [2.24, 2.45) is 11.7 Å². The zero-order valence-corrected chi connectivity index (χ0v) is 11.9. The van der Waals surface area contributed by atoms with E-state index >= 15 is 0 Å². The molecule has 0 saturated carbocycles. The van der Waals surface area contributed by atoms with E-state index < -0.39 is 23.3 Å². The number of urea groups is 1. The molecule has 1 saturated heterocycles. The maximum atomic E-state index is 12.8. The highest BCUT2D eigenvalue weighted by atomic mass is 19.4. The molecule has 1 heterocycles. The Morgan fingerprint density at radius 2 is 1.90 bits per heavy atom. The Morgan fingerprint density at radius 3 is 2.43 bits per heavy atom. The van der Waals surface area contributed by atoms with E-state index in [9.17, 15) is 18.0 Å². The second-order valence-electron chi connectivity index (χ2n) is 5.72. The predicted molar refractivity (Wildman–Crippen MR) is 73.8 cm³/mol. The average molecular weight is 301 g/mol. The van der Waals surface area contributed by atoms with Crippen LogP contribution in [0.25, 0.3) is 0 Å². The van der Waals surface area contributed by atoms with Crippen molar-refractivity contribution in [1.82, 2.24) is 4.90 Å². The highest BCUT2D eigenvalue weighted by molar-refractivity contribution is 5.91. The number of nitrogens with two attached hydrogens (primary N) is 1. The molecule has 0 bridgehead atoms. The van der Waals surface area contributed by atoms with Gasteiger partial charge in [0, 0.05) is 13.1 Å². The third-order valence-electron chi connectivity index (χ3n) is 3.88. The minimum Gasteiger partial charge on any atom is -0.322 e. The monoisotopic (exact) mass is 301 g/mol. The number of hydrogen-bond donors (Lipinski definition) is 2. The Kier molecular flexibility index (Phi) is 3.88. The molecule has 0 unspecified atom stereocenters. The van der Waals surface area contributed by atoms with Crippen molar-refractivity contribution in [2.45, 2.75) is 25.6 Å². The third-order valence-corrected chi connectivity index (χ3v) is 3.88. The van der Waals surface area contributed by atoms with Crippen LogP contribution in [0.1, 0.15) is 19.4 Å². The van der Waals surface area contributed by atoms with Gasteiger partial charge < -0.3 is 16.0 Å². The van der Waals surface area contributed by atoms with E-state index in [1.807, 2.05) is 13.8 Å². The summed E-state index contributed by atoms with van der Waals surface area (Å²) in [5.41, 5.74) is 4.51. The van der Waals surface area contributed by atoms with Gasteiger partial charge in [0.15, 0.2) is 0 Å². The van der Waals surface area contributed by atoms with Crippen molar-refractivity contribution in [3.05, 3.63) is 29.8 Å². The molecule has 3 N–H and O–H groups in total. The van der Waals surface area contributed by atoms with Crippen LogP contribution in [0.15, 0.2) is 24.3 Å². The maximum absolute atomic E-state index is 12.8. The first-order valence-corrected chi connectivity index (χ1v) is 6.64. The van der Waals surface area contributed by atoms with Crippen LogP contribution in [0.2, 0.25) is 0 Å². The second kappa shape index (κ2) is 5.22. The Balaban J connectivity index is 2.06. The number of carbonyl (C=O) groups is 1. The highest BCUT2D eigenvalue weighted by Crippen LogP contribution is 2.35. The number of benzene rings is 1. The number of amides is 2. The number of hydrogen-bond acceptors (Lipinski definition) is 2. The molecular weight excluding hydrogens is 283 g/mol. The zero-order valence-electron chi connectivity index (χ0n) is 11.9. The molecule has 0 spiro atoms. The molecule has 7 heteroatoms. The SMILES string of the molecule is CC(C)C1(N)CN(C(=O)Nc2ccccc2C(F)(F)F)C1. The number of alkyl halides is 3. The first-order valence-electron chi connectivity index (χ1n) is 6.64. The first kappa shape index (κ1) is 15.6. The Hall–Kier alpha value is -1.76. The fourth-order valence-corrected chi connectivity index (χ4v) is 2.21. The fourth-order valence-electron chi connectivity index (χ4n) is 2.21. The van der Waals surface area contributed by atoms with Crippen LogP contribution in [0, 0.1) is 5.92 Å². The van der Waals surface area contributed by atoms with E-state index in [-0.39, 0.29) is 11.6 Å². The standard InChI is InChI=1S/C14H18F3N3O/c1-9(2)13(18)7-20(8-13)12(21)19-11-6-4-3-5-10(11)14(15,16)17/h3-6,9H,7-8,18H2,1-2H3,(H,19,21). The molecule has 2 rings (SSSR count). The van der Waals surface area contributed by atoms with Gasteiger partial charge >= 0.3 is 12.2 Å². The Labute approximate surface area is 121 Å². The van der Waals surface area contributed by atoms with Crippen molar-refractivity contribution < 1.29 is 18.0 Å². The normalized spacial score (nSPS) is 17.6. The number of para-hydroxylation sites is 1. The molecule has 0 aliphatic carbocycles. The van der Waals surface area contributed by atoms with Crippen LogP contribution in [-0.2, 0) is 6.18 Å². The van der Waals surface area contributed by atoms with Crippen LogP contribution >= 0.6 is 0 Å². The van der Waals surface area contributed by atoms with Crippen LogP contribution in [-0.4, -0.2) is 29.6 Å². The van der Waals surface area contributed by atoms with Gasteiger partial charge in [0.1, 0.15) is 0 Å². The lowest BCUT2D eigenvalue weighted by molar-refractivity contribution is -0.136. The summed E-state index contributed by atoms with van der Waals surface area (Å²) >= 11 is 0. The molecule has 4 nitrogen and oxygen atoms in total. The summed E-state index contributed by atoms with van der Waals surface area (Å²) in [6, 6.07) is 4.34. The van der Waals surface area contributed by atoms with E-state index in [1.165, 1.54) is 23.1 Å². The molecule has 0 aromatic heterocycles. The van der Waals surface area contributed by atoms with Crippen molar-refractivity contribution in [3.8, 4) is 0 Å². The number of nitrogens with one attached hydrogen (secondary N) is 1.